The summed E-state index contributed by atoms with van der Waals surface area (Å²) in [4.78, 5) is 14.5. The van der Waals surface area contributed by atoms with E-state index in [2.05, 4.69) is 10.2 Å². The van der Waals surface area contributed by atoms with Crippen LogP contribution in [0.25, 0.3) is 0 Å². The van der Waals surface area contributed by atoms with Crippen LogP contribution in [0.4, 0.5) is 5.69 Å². The molecule has 5 heteroatoms. The molecule has 2 saturated heterocycles. The van der Waals surface area contributed by atoms with Crippen LogP contribution in [0, 0.1) is 0 Å². The fourth-order valence-corrected chi connectivity index (χ4v) is 3.57. The summed E-state index contributed by atoms with van der Waals surface area (Å²) in [5.74, 6) is 0.556. The summed E-state index contributed by atoms with van der Waals surface area (Å²) < 4.78 is 5.15. The van der Waals surface area contributed by atoms with Crippen molar-refractivity contribution in [3.05, 3.63) is 24.3 Å². The number of benzene rings is 1. The van der Waals surface area contributed by atoms with Gasteiger partial charge in [-0.15, -0.1) is 0 Å². The van der Waals surface area contributed by atoms with Gasteiger partial charge in [-0.05, 0) is 50.1 Å². The Bertz CT molecular complexity index is 502. The molecule has 2 aliphatic heterocycles. The van der Waals surface area contributed by atoms with E-state index >= 15 is 0 Å². The molecule has 2 heterocycles. The van der Waals surface area contributed by atoms with Crippen LogP contribution in [0.1, 0.15) is 19.3 Å². The van der Waals surface area contributed by atoms with Gasteiger partial charge in [0.2, 0.25) is 5.91 Å². The van der Waals surface area contributed by atoms with Gasteiger partial charge in [-0.25, -0.2) is 0 Å². The topological polar surface area (TPSA) is 67.6 Å². The van der Waals surface area contributed by atoms with Gasteiger partial charge in [-0.3, -0.25) is 9.69 Å². The molecular formula is C15H21N3O2. The molecule has 3 rings (SSSR count). The lowest BCUT2D eigenvalue weighted by Gasteiger charge is -2.34. The second-order valence-electron chi connectivity index (χ2n) is 5.63. The third-order valence-corrected chi connectivity index (χ3v) is 4.62. The van der Waals surface area contributed by atoms with E-state index in [0.717, 1.165) is 43.8 Å². The van der Waals surface area contributed by atoms with Crippen LogP contribution in [0.3, 0.4) is 0 Å². The highest BCUT2D eigenvalue weighted by molar-refractivity contribution is 5.89. The van der Waals surface area contributed by atoms with Crippen LogP contribution in [0.2, 0.25) is 0 Å². The molecule has 20 heavy (non-hydrogen) atoms. The maximum Gasteiger partial charge on any atom is 0.244 e. The van der Waals surface area contributed by atoms with Crippen molar-refractivity contribution in [3.8, 4) is 5.75 Å². The van der Waals surface area contributed by atoms with E-state index in [1.807, 2.05) is 24.3 Å². The van der Waals surface area contributed by atoms with Crippen molar-refractivity contribution in [2.45, 2.75) is 30.8 Å². The van der Waals surface area contributed by atoms with Gasteiger partial charge in [0.15, 0.2) is 0 Å². The first-order valence-electron chi connectivity index (χ1n) is 7.12. The van der Waals surface area contributed by atoms with E-state index in [4.69, 9.17) is 10.5 Å². The molecule has 0 bridgehead atoms. The van der Waals surface area contributed by atoms with Crippen molar-refractivity contribution in [1.29, 1.82) is 0 Å². The Hall–Kier alpha value is -1.75. The predicted molar refractivity (Wildman–Crippen MR) is 77.8 cm³/mol. The van der Waals surface area contributed by atoms with E-state index < -0.39 is 5.54 Å². The first-order chi connectivity index (χ1) is 9.65. The second kappa shape index (κ2) is 4.98. The maximum absolute atomic E-state index is 12.1. The van der Waals surface area contributed by atoms with Crippen LogP contribution in [-0.2, 0) is 4.79 Å². The van der Waals surface area contributed by atoms with Gasteiger partial charge < -0.3 is 15.8 Å². The largest absolute Gasteiger partial charge is 0.497 e. The molecule has 5 nitrogen and oxygen atoms in total. The van der Waals surface area contributed by atoms with Crippen molar-refractivity contribution >= 4 is 11.6 Å². The van der Waals surface area contributed by atoms with Crippen molar-refractivity contribution in [3.63, 3.8) is 0 Å². The van der Waals surface area contributed by atoms with Crippen LogP contribution >= 0.6 is 0 Å². The highest BCUT2D eigenvalue weighted by atomic mass is 16.5. The van der Waals surface area contributed by atoms with Crippen LogP contribution in [0.15, 0.2) is 24.3 Å². The molecule has 1 amide bonds. The van der Waals surface area contributed by atoms with E-state index in [0.29, 0.717) is 0 Å². The molecule has 2 unspecified atom stereocenters. The Morgan fingerprint density at radius 2 is 2.15 bits per heavy atom. The first kappa shape index (κ1) is 13.2. The molecule has 3 N–H and O–H groups in total. The van der Waals surface area contributed by atoms with Gasteiger partial charge in [0.25, 0.3) is 0 Å². The number of hydrogen-bond acceptors (Lipinski definition) is 4. The second-order valence-corrected chi connectivity index (χ2v) is 5.63. The summed E-state index contributed by atoms with van der Waals surface area (Å²) in [5.41, 5.74) is 6.02. The number of nitrogens with two attached hydrogens (primary N) is 1. The van der Waals surface area contributed by atoms with Crippen molar-refractivity contribution in [1.82, 2.24) is 4.90 Å². The molecule has 2 atom stereocenters. The number of primary amides is 1. The van der Waals surface area contributed by atoms with Crippen LogP contribution in [0.5, 0.6) is 5.75 Å². The molecule has 108 valence electrons. The summed E-state index contributed by atoms with van der Waals surface area (Å²) in [7, 11) is 1.64. The average Bonchev–Trinajstić information content (AvgIpc) is 3.04. The zero-order valence-corrected chi connectivity index (χ0v) is 11.8. The molecule has 0 aliphatic carbocycles. The number of nitrogens with zero attached hydrogens (tertiary/aromatic N) is 1. The Morgan fingerprint density at radius 1 is 1.40 bits per heavy atom. The number of methoxy groups -OCH3 is 1. The number of anilines is 1. The van der Waals surface area contributed by atoms with Gasteiger partial charge >= 0.3 is 0 Å². The number of ether oxygens (including phenoxy) is 1. The number of hydrogen-bond donors (Lipinski definition) is 2. The zero-order chi connectivity index (χ0) is 14.2. The SMILES string of the molecule is COc1ccc(NC2(C(N)=O)CCN3CCCC32)cc1. The molecule has 0 aromatic heterocycles. The minimum Gasteiger partial charge on any atom is -0.497 e. The van der Waals surface area contributed by atoms with Gasteiger partial charge in [0, 0.05) is 18.3 Å². The fourth-order valence-electron chi connectivity index (χ4n) is 3.57. The monoisotopic (exact) mass is 275 g/mol. The lowest BCUT2D eigenvalue weighted by atomic mass is 9.87. The number of rotatable bonds is 4. The van der Waals surface area contributed by atoms with Gasteiger partial charge in [0.1, 0.15) is 11.3 Å². The highest BCUT2D eigenvalue weighted by Gasteiger charge is 2.53. The highest BCUT2D eigenvalue weighted by Crippen LogP contribution is 2.38. The van der Waals surface area contributed by atoms with Crippen molar-refractivity contribution < 1.29 is 9.53 Å². The Balaban J connectivity index is 1.86. The quantitative estimate of drug-likeness (QED) is 0.866. The molecule has 0 radical (unpaired) electrons. The summed E-state index contributed by atoms with van der Waals surface area (Å²) in [6, 6.07) is 7.86. The minimum absolute atomic E-state index is 0.224. The van der Waals surface area contributed by atoms with Gasteiger partial charge in [-0.1, -0.05) is 0 Å². The Kier molecular flexibility index (Phi) is 3.30. The first-order valence-corrected chi connectivity index (χ1v) is 7.12. The van der Waals surface area contributed by atoms with Crippen LogP contribution in [-0.4, -0.2) is 42.6 Å². The van der Waals surface area contributed by atoms with E-state index in [-0.39, 0.29) is 11.9 Å². The number of nitrogens with one attached hydrogen (secondary N) is 1. The predicted octanol–water partition coefficient (Wildman–Crippen LogP) is 1.20. The molecule has 2 fully saturated rings. The lowest BCUT2D eigenvalue weighted by molar-refractivity contribution is -0.122. The van der Waals surface area contributed by atoms with E-state index in [1.54, 1.807) is 7.11 Å². The molecule has 0 saturated carbocycles. The van der Waals surface area contributed by atoms with Crippen molar-refractivity contribution in [2.24, 2.45) is 5.73 Å². The van der Waals surface area contributed by atoms with Crippen molar-refractivity contribution in [2.75, 3.05) is 25.5 Å². The lowest BCUT2D eigenvalue weighted by Crippen LogP contribution is -2.57. The number of carbonyl (C=O) groups excluding carboxylic acids is 1. The summed E-state index contributed by atoms with van der Waals surface area (Å²) in [6.07, 6.45) is 2.95. The normalized spacial score (nSPS) is 29.1. The number of carbonyl (C=O) groups is 1. The average molecular weight is 275 g/mol. The molecular weight excluding hydrogens is 254 g/mol. The number of fused-ring (bicyclic) bond motifs is 1. The maximum atomic E-state index is 12.1. The fraction of sp³-hybridized carbons (Fsp3) is 0.533. The number of amides is 1. The smallest absolute Gasteiger partial charge is 0.244 e. The summed E-state index contributed by atoms with van der Waals surface area (Å²) in [5, 5.41) is 3.40. The summed E-state index contributed by atoms with van der Waals surface area (Å²) in [6.45, 7) is 2.01. The Labute approximate surface area is 119 Å². The molecule has 0 spiro atoms. The van der Waals surface area contributed by atoms with Gasteiger partial charge in [0.05, 0.1) is 7.11 Å². The summed E-state index contributed by atoms with van der Waals surface area (Å²) >= 11 is 0. The Morgan fingerprint density at radius 3 is 2.80 bits per heavy atom. The molecule has 1 aromatic carbocycles. The molecule has 2 aliphatic rings. The standard InChI is InChI=1S/C15H21N3O2/c1-20-12-6-4-11(5-7-12)17-15(14(16)19)8-10-18-9-2-3-13(15)18/h4-7,13,17H,2-3,8-10H2,1H3,(H2,16,19). The molecule has 1 aromatic rings. The van der Waals surface area contributed by atoms with E-state index in [9.17, 15) is 4.79 Å². The zero-order valence-electron chi connectivity index (χ0n) is 11.8. The van der Waals surface area contributed by atoms with Crippen LogP contribution < -0.4 is 15.8 Å². The third kappa shape index (κ3) is 2.02. The van der Waals surface area contributed by atoms with E-state index in [1.165, 1.54) is 0 Å². The van der Waals surface area contributed by atoms with Gasteiger partial charge in [-0.2, -0.15) is 0 Å². The minimum atomic E-state index is -0.634. The third-order valence-electron chi connectivity index (χ3n) is 4.62.